The van der Waals surface area contributed by atoms with Crippen LogP contribution in [-0.4, -0.2) is 16.5 Å². The number of rotatable bonds is 2. The van der Waals surface area contributed by atoms with Crippen LogP contribution in [-0.2, 0) is 4.92 Å². The molecule has 0 atom stereocenters. The van der Waals surface area contributed by atoms with Crippen molar-refractivity contribution in [3.63, 3.8) is 0 Å². The van der Waals surface area contributed by atoms with Crippen LogP contribution in [0.1, 0.15) is 0 Å². The molecule has 0 aromatic rings. The molecule has 0 aromatic carbocycles. The summed E-state index contributed by atoms with van der Waals surface area (Å²) >= 11 is 7.39. The van der Waals surface area contributed by atoms with Gasteiger partial charge in [-0.25, -0.2) is 0 Å². The van der Waals surface area contributed by atoms with Crippen molar-refractivity contribution in [2.45, 2.75) is 39.3 Å². The van der Waals surface area contributed by atoms with Gasteiger partial charge < -0.3 is 4.65 Å². The van der Waals surface area contributed by atoms with Gasteiger partial charge in [-0.2, -0.15) is 0 Å². The summed E-state index contributed by atoms with van der Waals surface area (Å²) in [5.41, 5.74) is 0. The zero-order valence-corrected chi connectivity index (χ0v) is 18.9. The Morgan fingerprint density at radius 1 is 0.769 bits per heavy atom. The molecule has 82 valence electrons. The Kier molecular flexibility index (Phi) is 11.8. The van der Waals surface area contributed by atoms with E-state index in [1.165, 1.54) is 0 Å². The van der Waals surface area contributed by atoms with Crippen LogP contribution in [0.15, 0.2) is 0 Å². The Morgan fingerprint density at radius 2 is 0.923 bits per heavy atom. The minimum atomic E-state index is -1.11. The maximum atomic E-state index is 4.82. The van der Waals surface area contributed by atoms with Gasteiger partial charge in [-0.3, -0.25) is 0 Å². The van der Waals surface area contributed by atoms with Crippen LogP contribution in [0.5, 0.6) is 0 Å². The molecule has 0 spiro atoms. The molecular weight excluding hydrogens is 574 g/mol. The summed E-state index contributed by atoms with van der Waals surface area (Å²) in [7, 11) is -2.21. The molecule has 0 unspecified atom stereocenters. The van der Waals surface area contributed by atoms with Gasteiger partial charge in [0, 0.05) is 0 Å². The summed E-state index contributed by atoms with van der Waals surface area (Å²) in [6, 6.07) is 0. The first-order valence-electron chi connectivity index (χ1n) is 3.95. The molecule has 7 heteroatoms. The first kappa shape index (κ1) is 18.5. The van der Waals surface area contributed by atoms with E-state index >= 15 is 0 Å². The summed E-state index contributed by atoms with van der Waals surface area (Å²) in [5.74, 6) is 0. The summed E-state index contributed by atoms with van der Waals surface area (Å²) < 4.78 is 4.82. The fourth-order valence-corrected chi connectivity index (χ4v) is 9.06. The Balaban J connectivity index is 0. The third-order valence-corrected chi connectivity index (χ3v) is 6.04. The van der Waals surface area contributed by atoms with Gasteiger partial charge in [0.1, 0.15) is 0 Å². The normalized spacial score (nSPS) is 12.5. The van der Waals surface area contributed by atoms with E-state index in [9.17, 15) is 0 Å². The monoisotopic (exact) mass is 592 g/mol. The van der Waals surface area contributed by atoms with Crippen LogP contribution < -0.4 is 0 Å². The number of halogens is 3. The molecule has 0 saturated carbocycles. The Labute approximate surface area is 123 Å². The van der Waals surface area contributed by atoms with Crippen molar-refractivity contribution in [3.05, 3.63) is 4.65 Å². The van der Waals surface area contributed by atoms with Crippen LogP contribution in [0.25, 0.3) is 4.65 Å². The van der Waals surface area contributed by atoms with Gasteiger partial charge in [0.25, 0.3) is 0 Å². The van der Waals surface area contributed by atoms with Crippen LogP contribution in [0.4, 0.5) is 0 Å². The average Bonchev–Trinajstić information content (AvgIpc) is 1.47. The molecule has 0 amide bonds. The molecule has 0 aromatic heterocycles. The van der Waals surface area contributed by atoms with E-state index in [2.05, 4.69) is 99.2 Å². The number of nitrogens with zero attached hydrogens (tertiary/aromatic N) is 1. The van der Waals surface area contributed by atoms with E-state index in [0.29, 0.717) is 0 Å². The molecule has 13 heavy (non-hydrogen) atoms. The second-order valence-corrected chi connectivity index (χ2v) is 49.6. The van der Waals surface area contributed by atoms with E-state index in [-0.39, 0.29) is 4.92 Å². The molecule has 0 aliphatic heterocycles. The third-order valence-electron chi connectivity index (χ3n) is 0.671. The van der Waals surface area contributed by atoms with Crippen molar-refractivity contribution in [2.24, 2.45) is 0 Å². The summed E-state index contributed by atoms with van der Waals surface area (Å²) in [6.45, 7) is 13.8. The third kappa shape index (κ3) is 31.3. The molecule has 0 N–H and O–H groups in total. The van der Waals surface area contributed by atoms with E-state index in [1.54, 1.807) is 0 Å². The topological polar surface area (TPSA) is 14.1 Å². The molecule has 0 saturated heterocycles. The standard InChI is InChI=1S/C6H18NSi2.3HI.V/c1-8(2,3)7-9(4,5)6;;;;/h1-6H3;3*1H;/q-1;;;;+3/p-3. The predicted molar refractivity (Wildman–Crippen MR) is 92.1 cm³/mol. The van der Waals surface area contributed by atoms with Gasteiger partial charge in [-0.1, -0.05) is 55.8 Å². The minimum absolute atomic E-state index is 0.278. The predicted octanol–water partition coefficient (Wildman–Crippen LogP) is 5.68. The second-order valence-electron chi connectivity index (χ2n) is 4.65. The summed E-state index contributed by atoms with van der Waals surface area (Å²) in [5, 5.41) is 0. The number of hydrogen-bond acceptors (Lipinski definition) is 0. The van der Waals surface area contributed by atoms with Gasteiger partial charge in [0.05, 0.1) is 0 Å². The van der Waals surface area contributed by atoms with Crippen molar-refractivity contribution < 1.29 is 4.92 Å². The Morgan fingerprint density at radius 3 is 0.923 bits per heavy atom. The molecule has 1 nitrogen and oxygen atoms in total. The maximum absolute atomic E-state index is 4.82. The van der Waals surface area contributed by atoms with Gasteiger partial charge in [0.2, 0.25) is 0 Å². The van der Waals surface area contributed by atoms with Crippen molar-refractivity contribution >= 4 is 76.4 Å². The van der Waals surface area contributed by atoms with E-state index in [4.69, 9.17) is 4.65 Å². The van der Waals surface area contributed by atoms with E-state index in [1.807, 2.05) is 0 Å². The SMILES string of the molecule is C[Si](C)(C)[N-][Si](C)(C)C.[I][V]([I])[I]. The van der Waals surface area contributed by atoms with Gasteiger partial charge in [-0.05, 0) is 0 Å². The molecule has 0 heterocycles. The fraction of sp³-hybridized carbons (Fsp3) is 1.00. The molecule has 0 aliphatic rings. The molecule has 0 bridgehead atoms. The molecule has 0 radical (unpaired) electrons. The van der Waals surface area contributed by atoms with Gasteiger partial charge >= 0.3 is 64.9 Å². The van der Waals surface area contributed by atoms with Crippen molar-refractivity contribution in [1.29, 1.82) is 0 Å². The zero-order valence-electron chi connectivity index (χ0n) is 9.03. The quantitative estimate of drug-likeness (QED) is 0.290. The molecule has 0 fully saturated rings. The second kappa shape index (κ2) is 8.29. The molecule has 0 rings (SSSR count). The average molecular weight is 592 g/mol. The van der Waals surface area contributed by atoms with Crippen LogP contribution in [0, 0.1) is 0 Å². The Bertz CT molecular complexity index is 118. The first-order chi connectivity index (χ1) is 5.44. The van der Waals surface area contributed by atoms with Crippen molar-refractivity contribution in [3.8, 4) is 0 Å². The van der Waals surface area contributed by atoms with Crippen molar-refractivity contribution in [2.75, 3.05) is 0 Å². The molecule has 0 aliphatic carbocycles. The molecular formula is C6H18I3NSi2V-. The van der Waals surface area contributed by atoms with E-state index in [0.717, 1.165) is 0 Å². The summed E-state index contributed by atoms with van der Waals surface area (Å²) in [6.07, 6.45) is 0. The van der Waals surface area contributed by atoms with Crippen LogP contribution in [0.2, 0.25) is 39.3 Å². The number of hydrogen-bond donors (Lipinski definition) is 0. The fourth-order valence-electron chi connectivity index (χ4n) is 1.01. The van der Waals surface area contributed by atoms with Gasteiger partial charge in [0.15, 0.2) is 0 Å². The Hall–Kier alpha value is 3.17. The first-order valence-corrected chi connectivity index (χ1v) is 24.4. The zero-order chi connectivity index (χ0) is 11.3. The van der Waals surface area contributed by atoms with E-state index < -0.39 is 16.5 Å². The van der Waals surface area contributed by atoms with Crippen molar-refractivity contribution in [1.82, 2.24) is 0 Å². The van der Waals surface area contributed by atoms with Crippen LogP contribution in [0.3, 0.4) is 0 Å². The summed E-state index contributed by atoms with van der Waals surface area (Å²) in [4.78, 5) is -0.278. The van der Waals surface area contributed by atoms with Gasteiger partial charge in [-0.15, -0.1) is 0 Å². The van der Waals surface area contributed by atoms with Crippen LogP contribution >= 0.6 is 59.9 Å².